The largest absolute Gasteiger partial charge is 0.360 e. The van der Waals surface area contributed by atoms with Gasteiger partial charge < -0.3 is 10.3 Å². The van der Waals surface area contributed by atoms with Gasteiger partial charge in [-0.3, -0.25) is 4.40 Å². The number of H-pyrrole nitrogens is 1. The van der Waals surface area contributed by atoms with Crippen molar-refractivity contribution in [2.24, 2.45) is 0 Å². The van der Waals surface area contributed by atoms with E-state index < -0.39 is 0 Å². The number of para-hydroxylation sites is 1. The number of nitrogens with zero attached hydrogens (tertiary/aromatic N) is 2. The number of pyridine rings is 1. The van der Waals surface area contributed by atoms with Gasteiger partial charge in [-0.15, -0.1) is 0 Å². The van der Waals surface area contributed by atoms with Crippen molar-refractivity contribution < 1.29 is 0 Å². The minimum absolute atomic E-state index is 0.951. The SMILES string of the molecule is Cc1ccc(Nc2c(-c3c[nH]c4ccccc34)nc3c(C)cccn23)c(C)c1. The van der Waals surface area contributed by atoms with E-state index in [1.807, 2.05) is 6.07 Å². The summed E-state index contributed by atoms with van der Waals surface area (Å²) in [5, 5.41) is 4.83. The van der Waals surface area contributed by atoms with E-state index >= 15 is 0 Å². The van der Waals surface area contributed by atoms with Gasteiger partial charge in [-0.2, -0.15) is 0 Å². The second-order valence-corrected chi connectivity index (χ2v) is 7.39. The number of imidazole rings is 1. The molecule has 0 radical (unpaired) electrons. The lowest BCUT2D eigenvalue weighted by Gasteiger charge is -2.12. The molecule has 0 aliphatic rings. The van der Waals surface area contributed by atoms with Crippen LogP contribution in [0.5, 0.6) is 0 Å². The van der Waals surface area contributed by atoms with Gasteiger partial charge in [-0.1, -0.05) is 42.0 Å². The molecule has 0 fully saturated rings. The molecule has 5 aromatic rings. The van der Waals surface area contributed by atoms with Crippen molar-refractivity contribution in [3.63, 3.8) is 0 Å². The first-order valence-corrected chi connectivity index (χ1v) is 9.50. The van der Waals surface area contributed by atoms with Crippen molar-refractivity contribution in [3.05, 3.63) is 83.7 Å². The molecule has 0 saturated carbocycles. The van der Waals surface area contributed by atoms with Gasteiger partial charge in [-0.05, 0) is 50.1 Å². The summed E-state index contributed by atoms with van der Waals surface area (Å²) in [7, 11) is 0. The van der Waals surface area contributed by atoms with Gasteiger partial charge in [0, 0.05) is 34.5 Å². The first-order chi connectivity index (χ1) is 13.6. The third-order valence-corrected chi connectivity index (χ3v) is 5.32. The van der Waals surface area contributed by atoms with E-state index in [4.69, 9.17) is 4.98 Å². The van der Waals surface area contributed by atoms with Crippen molar-refractivity contribution in [2.45, 2.75) is 20.8 Å². The van der Waals surface area contributed by atoms with Gasteiger partial charge in [-0.25, -0.2) is 4.98 Å². The first kappa shape index (κ1) is 16.6. The Morgan fingerprint density at radius 2 is 1.79 bits per heavy atom. The number of nitrogens with one attached hydrogen (secondary N) is 2. The minimum atomic E-state index is 0.951. The van der Waals surface area contributed by atoms with Gasteiger partial charge in [0.2, 0.25) is 0 Å². The molecule has 0 spiro atoms. The molecule has 3 aromatic heterocycles. The summed E-state index contributed by atoms with van der Waals surface area (Å²) in [5.74, 6) is 0.982. The van der Waals surface area contributed by atoms with Crippen molar-refractivity contribution in [2.75, 3.05) is 5.32 Å². The Balaban J connectivity index is 1.77. The van der Waals surface area contributed by atoms with E-state index in [1.54, 1.807) is 0 Å². The maximum atomic E-state index is 5.03. The smallest absolute Gasteiger partial charge is 0.143 e. The van der Waals surface area contributed by atoms with Crippen LogP contribution in [-0.4, -0.2) is 14.4 Å². The Morgan fingerprint density at radius 1 is 0.929 bits per heavy atom. The standard InChI is InChI=1S/C24H22N4/c1-15-10-11-20(17(3)13-15)26-24-22(27-23-16(2)7-6-12-28(23)24)19-14-25-21-9-5-4-8-18(19)21/h4-14,25-26H,1-3H3. The van der Waals surface area contributed by atoms with Crippen LogP contribution < -0.4 is 5.32 Å². The molecule has 0 aliphatic heterocycles. The van der Waals surface area contributed by atoms with Crippen molar-refractivity contribution in [1.82, 2.24) is 14.4 Å². The molecular formula is C24H22N4. The highest BCUT2D eigenvalue weighted by molar-refractivity contribution is 5.98. The normalized spacial score (nSPS) is 11.4. The minimum Gasteiger partial charge on any atom is -0.360 e. The highest BCUT2D eigenvalue weighted by atomic mass is 15.1. The van der Waals surface area contributed by atoms with Gasteiger partial charge in [0.15, 0.2) is 0 Å². The van der Waals surface area contributed by atoms with Crippen LogP contribution in [0.2, 0.25) is 0 Å². The van der Waals surface area contributed by atoms with Crippen LogP contribution in [0, 0.1) is 20.8 Å². The van der Waals surface area contributed by atoms with E-state index in [1.165, 1.54) is 16.5 Å². The molecule has 2 N–H and O–H groups in total. The van der Waals surface area contributed by atoms with E-state index in [9.17, 15) is 0 Å². The summed E-state index contributed by atoms with van der Waals surface area (Å²) < 4.78 is 2.14. The van der Waals surface area contributed by atoms with Gasteiger partial charge in [0.1, 0.15) is 17.2 Å². The number of rotatable bonds is 3. The van der Waals surface area contributed by atoms with Crippen LogP contribution >= 0.6 is 0 Å². The Labute approximate surface area is 163 Å². The number of benzene rings is 2. The Morgan fingerprint density at radius 3 is 2.64 bits per heavy atom. The Hall–Kier alpha value is -3.53. The summed E-state index contributed by atoms with van der Waals surface area (Å²) in [6.45, 7) is 6.35. The number of aryl methyl sites for hydroxylation is 3. The number of aromatic nitrogens is 3. The van der Waals surface area contributed by atoms with Crippen molar-refractivity contribution in [1.29, 1.82) is 0 Å². The fourth-order valence-electron chi connectivity index (χ4n) is 3.86. The summed E-state index contributed by atoms with van der Waals surface area (Å²) in [5.41, 5.74) is 8.85. The molecule has 0 unspecified atom stereocenters. The molecule has 138 valence electrons. The molecule has 0 atom stereocenters. The second-order valence-electron chi connectivity index (χ2n) is 7.39. The third kappa shape index (κ3) is 2.57. The summed E-state index contributed by atoms with van der Waals surface area (Å²) in [4.78, 5) is 8.41. The van der Waals surface area contributed by atoms with E-state index in [0.29, 0.717) is 0 Å². The van der Waals surface area contributed by atoms with Crippen LogP contribution in [0.15, 0.2) is 67.0 Å². The van der Waals surface area contributed by atoms with E-state index in [0.717, 1.165) is 39.5 Å². The number of hydrogen-bond donors (Lipinski definition) is 2. The monoisotopic (exact) mass is 366 g/mol. The molecule has 28 heavy (non-hydrogen) atoms. The molecule has 3 heterocycles. The molecule has 0 amide bonds. The zero-order valence-electron chi connectivity index (χ0n) is 16.2. The maximum absolute atomic E-state index is 5.03. The highest BCUT2D eigenvalue weighted by Crippen LogP contribution is 2.36. The predicted molar refractivity (Wildman–Crippen MR) is 116 cm³/mol. The van der Waals surface area contributed by atoms with Crippen LogP contribution in [-0.2, 0) is 0 Å². The first-order valence-electron chi connectivity index (χ1n) is 9.50. The van der Waals surface area contributed by atoms with Crippen LogP contribution in [0.1, 0.15) is 16.7 Å². The number of anilines is 2. The van der Waals surface area contributed by atoms with E-state index in [-0.39, 0.29) is 0 Å². The third-order valence-electron chi connectivity index (χ3n) is 5.32. The van der Waals surface area contributed by atoms with Crippen LogP contribution in [0.3, 0.4) is 0 Å². The summed E-state index contributed by atoms with van der Waals surface area (Å²) in [6, 6.07) is 19.0. The fraction of sp³-hybridized carbons (Fsp3) is 0.125. The second kappa shape index (κ2) is 6.27. The molecule has 0 bridgehead atoms. The van der Waals surface area contributed by atoms with Gasteiger partial charge >= 0.3 is 0 Å². The lowest BCUT2D eigenvalue weighted by atomic mass is 10.1. The van der Waals surface area contributed by atoms with E-state index in [2.05, 4.69) is 96.4 Å². The number of aromatic amines is 1. The molecule has 2 aromatic carbocycles. The lowest BCUT2D eigenvalue weighted by molar-refractivity contribution is 1.16. The fourth-order valence-corrected chi connectivity index (χ4v) is 3.86. The van der Waals surface area contributed by atoms with Gasteiger partial charge in [0.25, 0.3) is 0 Å². The Bertz CT molecular complexity index is 1320. The quantitative estimate of drug-likeness (QED) is 0.402. The van der Waals surface area contributed by atoms with Crippen LogP contribution in [0.4, 0.5) is 11.5 Å². The maximum Gasteiger partial charge on any atom is 0.143 e. The topological polar surface area (TPSA) is 45.1 Å². The zero-order chi connectivity index (χ0) is 19.3. The average Bonchev–Trinajstić information content (AvgIpc) is 3.26. The predicted octanol–water partition coefficient (Wildman–Crippen LogP) is 6.15. The number of fused-ring (bicyclic) bond motifs is 2. The molecule has 5 rings (SSSR count). The molecular weight excluding hydrogens is 344 g/mol. The number of hydrogen-bond acceptors (Lipinski definition) is 2. The molecule has 4 heteroatoms. The Kier molecular flexibility index (Phi) is 3.72. The summed E-state index contributed by atoms with van der Waals surface area (Å²) in [6.07, 6.45) is 4.12. The molecule has 0 aliphatic carbocycles. The van der Waals surface area contributed by atoms with Crippen LogP contribution in [0.25, 0.3) is 27.8 Å². The summed E-state index contributed by atoms with van der Waals surface area (Å²) >= 11 is 0. The average molecular weight is 366 g/mol. The molecule has 0 saturated heterocycles. The zero-order valence-corrected chi connectivity index (χ0v) is 16.2. The van der Waals surface area contributed by atoms with Gasteiger partial charge in [0.05, 0.1) is 0 Å². The molecule has 4 nitrogen and oxygen atoms in total. The lowest BCUT2D eigenvalue weighted by Crippen LogP contribution is -1.99. The van der Waals surface area contributed by atoms with Crippen molar-refractivity contribution >= 4 is 28.1 Å². The van der Waals surface area contributed by atoms with Crippen molar-refractivity contribution in [3.8, 4) is 11.3 Å². The highest BCUT2D eigenvalue weighted by Gasteiger charge is 2.18.